The number of halogens is 2. The summed E-state index contributed by atoms with van der Waals surface area (Å²) in [5.41, 5.74) is 10.8. The molecule has 2 N–H and O–H groups in total. The second-order valence-electron chi connectivity index (χ2n) is 10.00. The van der Waals surface area contributed by atoms with Crippen molar-refractivity contribution >= 4 is 28.5 Å². The third-order valence-corrected chi connectivity index (χ3v) is 7.65. The lowest BCUT2D eigenvalue weighted by molar-refractivity contribution is 0.119. The summed E-state index contributed by atoms with van der Waals surface area (Å²) >= 11 is 6.70. The average Bonchev–Trinajstić information content (AvgIpc) is 3.30. The first kappa shape index (κ1) is 25.6. The molecule has 0 saturated heterocycles. The second kappa shape index (κ2) is 11.2. The van der Waals surface area contributed by atoms with Gasteiger partial charge in [-0.1, -0.05) is 29.8 Å². The first-order valence-corrected chi connectivity index (χ1v) is 13.2. The van der Waals surface area contributed by atoms with Crippen LogP contribution in [-0.4, -0.2) is 46.4 Å². The van der Waals surface area contributed by atoms with Crippen molar-refractivity contribution in [3.8, 4) is 11.1 Å². The zero-order valence-corrected chi connectivity index (χ0v) is 22.0. The maximum atomic E-state index is 13.7. The van der Waals surface area contributed by atoms with Gasteiger partial charge in [0.2, 0.25) is 0 Å². The number of hydrogen-bond acceptors (Lipinski definition) is 5. The highest BCUT2D eigenvalue weighted by atomic mass is 35.5. The van der Waals surface area contributed by atoms with Gasteiger partial charge < -0.3 is 19.9 Å². The topological polar surface area (TPSA) is 69.2 Å². The van der Waals surface area contributed by atoms with Crippen LogP contribution < -0.4 is 10.6 Å². The molecule has 1 saturated carbocycles. The van der Waals surface area contributed by atoms with Gasteiger partial charge in [0.15, 0.2) is 0 Å². The van der Waals surface area contributed by atoms with Crippen LogP contribution in [0.5, 0.6) is 0 Å². The molecule has 0 bridgehead atoms. The van der Waals surface area contributed by atoms with Crippen molar-refractivity contribution in [3.63, 3.8) is 0 Å². The number of pyridine rings is 1. The van der Waals surface area contributed by atoms with Crippen molar-refractivity contribution in [2.75, 3.05) is 18.6 Å². The van der Waals surface area contributed by atoms with Gasteiger partial charge in [-0.3, -0.25) is 0 Å². The van der Waals surface area contributed by atoms with Crippen molar-refractivity contribution in [1.29, 1.82) is 0 Å². The number of imidazole rings is 1. The van der Waals surface area contributed by atoms with E-state index in [1.54, 1.807) is 31.8 Å². The van der Waals surface area contributed by atoms with Gasteiger partial charge in [-0.2, -0.15) is 0 Å². The summed E-state index contributed by atoms with van der Waals surface area (Å²) in [6, 6.07) is 15.5. The van der Waals surface area contributed by atoms with E-state index in [0.717, 1.165) is 65.8 Å². The molecule has 4 aromatic rings. The minimum Gasteiger partial charge on any atom is -0.380 e. The van der Waals surface area contributed by atoms with E-state index in [9.17, 15) is 4.39 Å². The fraction of sp³-hybridized carbons (Fsp3) is 0.379. The molecule has 6 nitrogen and oxygen atoms in total. The number of ether oxygens (including phenoxy) is 1. The molecule has 8 heteroatoms. The molecule has 0 aliphatic heterocycles. The Morgan fingerprint density at radius 1 is 1.14 bits per heavy atom. The van der Waals surface area contributed by atoms with E-state index >= 15 is 0 Å². The number of nitrogens with zero attached hydrogens (tertiary/aromatic N) is 4. The zero-order chi connectivity index (χ0) is 25.9. The number of hydrogen-bond donors (Lipinski definition) is 1. The SMILES string of the molecule is COC(C)CN(c1cc(-c2ccc3ncn(Cc4cccc(F)c4)c3c2)c(Cl)cn1)C1CCC(N)CC1. The minimum absolute atomic E-state index is 0.0602. The summed E-state index contributed by atoms with van der Waals surface area (Å²) in [6.45, 7) is 3.34. The van der Waals surface area contributed by atoms with Gasteiger partial charge in [0.05, 0.1) is 28.5 Å². The molecule has 0 amide bonds. The predicted molar refractivity (Wildman–Crippen MR) is 148 cm³/mol. The molecule has 2 aromatic heterocycles. The van der Waals surface area contributed by atoms with Crippen molar-refractivity contribution < 1.29 is 9.13 Å². The second-order valence-corrected chi connectivity index (χ2v) is 10.4. The Balaban J connectivity index is 1.49. The first-order chi connectivity index (χ1) is 17.9. The van der Waals surface area contributed by atoms with Gasteiger partial charge in [0.25, 0.3) is 0 Å². The highest BCUT2D eigenvalue weighted by molar-refractivity contribution is 6.33. The summed E-state index contributed by atoms with van der Waals surface area (Å²) in [4.78, 5) is 11.6. The fourth-order valence-electron chi connectivity index (χ4n) is 5.18. The van der Waals surface area contributed by atoms with Crippen LogP contribution in [0.25, 0.3) is 22.2 Å². The molecular formula is C29H33ClFN5O. The summed E-state index contributed by atoms with van der Waals surface area (Å²) in [7, 11) is 1.74. The van der Waals surface area contributed by atoms with Crippen molar-refractivity contribution in [1.82, 2.24) is 14.5 Å². The number of aromatic nitrogens is 3. The first-order valence-electron chi connectivity index (χ1n) is 12.8. The van der Waals surface area contributed by atoms with Crippen LogP contribution in [0.2, 0.25) is 5.02 Å². The predicted octanol–water partition coefficient (Wildman–Crippen LogP) is 6.05. The Labute approximate surface area is 222 Å². The number of benzene rings is 2. The number of rotatable bonds is 8. The van der Waals surface area contributed by atoms with Crippen LogP contribution in [0.1, 0.15) is 38.2 Å². The summed E-state index contributed by atoms with van der Waals surface area (Å²) in [5, 5.41) is 0.588. The van der Waals surface area contributed by atoms with E-state index in [0.29, 0.717) is 17.6 Å². The van der Waals surface area contributed by atoms with Crippen molar-refractivity contribution in [3.05, 3.63) is 77.5 Å². The standard InChI is InChI=1S/C29H33ClFN5O/c1-19(37-2)16-36(24-9-7-23(32)8-10-24)29-14-25(26(30)15-33-29)21-6-11-27-28(13-21)35(18-34-27)17-20-4-3-5-22(31)12-20/h3-6,11-15,18-19,23-24H,7-10,16-17,32H2,1-2H3. The number of fused-ring (bicyclic) bond motifs is 1. The normalized spacial score (nSPS) is 18.7. The third-order valence-electron chi connectivity index (χ3n) is 7.35. The van der Waals surface area contributed by atoms with E-state index in [2.05, 4.69) is 28.9 Å². The highest BCUT2D eigenvalue weighted by Gasteiger charge is 2.27. The van der Waals surface area contributed by atoms with Gasteiger partial charge in [-0.25, -0.2) is 14.4 Å². The van der Waals surface area contributed by atoms with E-state index in [-0.39, 0.29) is 18.0 Å². The van der Waals surface area contributed by atoms with Crippen LogP contribution in [0.15, 0.2) is 61.1 Å². The minimum atomic E-state index is -0.244. The third kappa shape index (κ3) is 5.79. The van der Waals surface area contributed by atoms with E-state index in [4.69, 9.17) is 27.1 Å². The Kier molecular flexibility index (Phi) is 7.74. The fourth-order valence-corrected chi connectivity index (χ4v) is 5.40. The molecule has 1 aliphatic carbocycles. The molecule has 1 aliphatic rings. The zero-order valence-electron chi connectivity index (χ0n) is 21.3. The van der Waals surface area contributed by atoms with Gasteiger partial charge in [-0.05, 0) is 74.1 Å². The van der Waals surface area contributed by atoms with Gasteiger partial charge in [0.1, 0.15) is 11.6 Å². The van der Waals surface area contributed by atoms with E-state index in [1.165, 1.54) is 6.07 Å². The molecule has 1 unspecified atom stereocenters. The number of nitrogens with two attached hydrogens (primary N) is 1. The van der Waals surface area contributed by atoms with Crippen molar-refractivity contribution in [2.24, 2.45) is 5.73 Å². The molecule has 5 rings (SSSR count). The van der Waals surface area contributed by atoms with Crippen LogP contribution >= 0.6 is 11.6 Å². The van der Waals surface area contributed by atoms with Crippen LogP contribution in [0, 0.1) is 5.82 Å². The Hall–Kier alpha value is -3.00. The summed E-state index contributed by atoms with van der Waals surface area (Å²) in [6.07, 6.45) is 7.67. The van der Waals surface area contributed by atoms with Crippen LogP contribution in [0.4, 0.5) is 10.2 Å². The quantitative estimate of drug-likeness (QED) is 0.305. The monoisotopic (exact) mass is 521 g/mol. The number of anilines is 1. The lowest BCUT2D eigenvalue weighted by Gasteiger charge is -2.38. The Bertz CT molecular complexity index is 1370. The molecule has 2 aromatic carbocycles. The molecule has 0 spiro atoms. The number of methoxy groups -OCH3 is 1. The summed E-state index contributed by atoms with van der Waals surface area (Å²) in [5.74, 6) is 0.642. The lowest BCUT2D eigenvalue weighted by atomic mass is 9.90. The maximum absolute atomic E-state index is 13.7. The van der Waals surface area contributed by atoms with E-state index < -0.39 is 0 Å². The molecule has 194 valence electrons. The van der Waals surface area contributed by atoms with Gasteiger partial charge in [0, 0.05) is 44.0 Å². The maximum Gasteiger partial charge on any atom is 0.129 e. The lowest BCUT2D eigenvalue weighted by Crippen LogP contribution is -2.44. The Morgan fingerprint density at radius 3 is 2.70 bits per heavy atom. The molecule has 37 heavy (non-hydrogen) atoms. The smallest absolute Gasteiger partial charge is 0.129 e. The van der Waals surface area contributed by atoms with Crippen LogP contribution in [0.3, 0.4) is 0 Å². The van der Waals surface area contributed by atoms with E-state index in [1.807, 2.05) is 22.8 Å². The molecule has 0 radical (unpaired) electrons. The summed E-state index contributed by atoms with van der Waals surface area (Å²) < 4.78 is 21.4. The molecule has 1 fully saturated rings. The van der Waals surface area contributed by atoms with Crippen LogP contribution in [-0.2, 0) is 11.3 Å². The van der Waals surface area contributed by atoms with Crippen molar-refractivity contribution in [2.45, 2.75) is 57.3 Å². The largest absolute Gasteiger partial charge is 0.380 e. The van der Waals surface area contributed by atoms with Gasteiger partial charge in [-0.15, -0.1) is 0 Å². The molecular weight excluding hydrogens is 489 g/mol. The average molecular weight is 522 g/mol. The highest BCUT2D eigenvalue weighted by Crippen LogP contribution is 2.34. The Morgan fingerprint density at radius 2 is 1.95 bits per heavy atom. The molecule has 1 atom stereocenters. The van der Waals surface area contributed by atoms with Gasteiger partial charge >= 0.3 is 0 Å². The molecule has 2 heterocycles.